The molecule has 0 fully saturated rings. The van der Waals surface area contributed by atoms with E-state index in [4.69, 9.17) is 0 Å². The van der Waals surface area contributed by atoms with Crippen molar-refractivity contribution in [2.24, 2.45) is 0 Å². The van der Waals surface area contributed by atoms with E-state index >= 15 is 0 Å². The molecule has 0 bridgehead atoms. The molecule has 0 saturated carbocycles. The molecular weight excluding hydrogens is 259 g/mol. The second kappa shape index (κ2) is 6.78. The predicted molar refractivity (Wildman–Crippen MR) is 78.0 cm³/mol. The molecule has 0 radical (unpaired) electrons. The molecule has 0 amide bonds. The molecule has 0 aliphatic heterocycles. The zero-order chi connectivity index (χ0) is 13.7. The molecule has 1 aromatic carbocycles. The van der Waals surface area contributed by atoms with Crippen molar-refractivity contribution in [2.75, 3.05) is 6.54 Å². The van der Waals surface area contributed by atoms with Crippen molar-refractivity contribution in [3.05, 3.63) is 51.7 Å². The smallest absolute Gasteiger partial charge is 0.126 e. The summed E-state index contributed by atoms with van der Waals surface area (Å²) in [6.45, 7) is 4.84. The highest BCUT2D eigenvalue weighted by molar-refractivity contribution is 7.09. The van der Waals surface area contributed by atoms with Gasteiger partial charge < -0.3 is 5.32 Å². The van der Waals surface area contributed by atoms with Crippen molar-refractivity contribution in [1.82, 2.24) is 10.3 Å². The van der Waals surface area contributed by atoms with Gasteiger partial charge in [0.15, 0.2) is 0 Å². The summed E-state index contributed by atoms with van der Waals surface area (Å²) in [4.78, 5) is 4.31. The molecule has 1 aromatic heterocycles. The topological polar surface area (TPSA) is 24.9 Å². The number of aromatic nitrogens is 1. The number of benzene rings is 1. The molecule has 1 unspecified atom stereocenters. The van der Waals surface area contributed by atoms with Crippen LogP contribution < -0.4 is 5.32 Å². The first kappa shape index (κ1) is 14.2. The molecule has 2 rings (SSSR count). The van der Waals surface area contributed by atoms with E-state index in [2.05, 4.69) is 17.2 Å². The summed E-state index contributed by atoms with van der Waals surface area (Å²) in [6.07, 6.45) is 3.68. The minimum Gasteiger partial charge on any atom is -0.310 e. The zero-order valence-electron chi connectivity index (χ0n) is 11.3. The fourth-order valence-electron chi connectivity index (χ4n) is 1.98. The minimum absolute atomic E-state index is 0.126. The number of aryl methyl sites for hydroxylation is 1. The van der Waals surface area contributed by atoms with Crippen LogP contribution in [-0.4, -0.2) is 11.5 Å². The highest BCUT2D eigenvalue weighted by atomic mass is 32.1. The van der Waals surface area contributed by atoms with Crippen LogP contribution in [0.1, 0.15) is 35.5 Å². The molecule has 1 atom stereocenters. The van der Waals surface area contributed by atoms with Gasteiger partial charge in [-0.25, -0.2) is 9.37 Å². The summed E-state index contributed by atoms with van der Waals surface area (Å²) in [5, 5.41) is 6.52. The minimum atomic E-state index is -0.139. The monoisotopic (exact) mass is 278 g/mol. The Kier molecular flexibility index (Phi) is 5.05. The van der Waals surface area contributed by atoms with Crippen LogP contribution in [0.25, 0.3) is 0 Å². The lowest BCUT2D eigenvalue weighted by Gasteiger charge is -2.18. The molecule has 0 spiro atoms. The van der Waals surface area contributed by atoms with Gasteiger partial charge in [0.2, 0.25) is 0 Å². The van der Waals surface area contributed by atoms with Crippen molar-refractivity contribution >= 4 is 11.3 Å². The van der Waals surface area contributed by atoms with Crippen molar-refractivity contribution in [3.63, 3.8) is 0 Å². The first-order valence-corrected chi connectivity index (χ1v) is 7.46. The molecule has 19 heavy (non-hydrogen) atoms. The van der Waals surface area contributed by atoms with Crippen molar-refractivity contribution in [1.29, 1.82) is 0 Å². The summed E-state index contributed by atoms with van der Waals surface area (Å²) in [5.74, 6) is -0.139. The third-order valence-corrected chi connectivity index (χ3v) is 3.90. The number of rotatable bonds is 6. The number of halogens is 1. The van der Waals surface area contributed by atoms with E-state index in [9.17, 15) is 4.39 Å². The van der Waals surface area contributed by atoms with Gasteiger partial charge in [-0.2, -0.15) is 0 Å². The van der Waals surface area contributed by atoms with Crippen LogP contribution in [0.3, 0.4) is 0 Å². The van der Waals surface area contributed by atoms with Gasteiger partial charge in [0.1, 0.15) is 5.82 Å². The molecule has 0 saturated heterocycles. The van der Waals surface area contributed by atoms with E-state index in [-0.39, 0.29) is 11.9 Å². The lowest BCUT2D eigenvalue weighted by molar-refractivity contribution is 0.522. The molecule has 0 aliphatic carbocycles. The van der Waals surface area contributed by atoms with Gasteiger partial charge in [0.05, 0.1) is 5.01 Å². The molecule has 2 aromatic rings. The third-order valence-electron chi connectivity index (χ3n) is 3.10. The van der Waals surface area contributed by atoms with E-state index in [0.717, 1.165) is 30.0 Å². The average Bonchev–Trinajstić information content (AvgIpc) is 2.91. The fourth-order valence-corrected chi connectivity index (χ4v) is 2.64. The standard InChI is InChI=1S/C15H19FN2S/c1-3-6-17-14(10-15-18-7-8-19-15)12-5-4-11(2)13(16)9-12/h4-5,7-9,14,17H,3,6,10H2,1-2H3. The number of hydrogen-bond acceptors (Lipinski definition) is 3. The molecule has 1 N–H and O–H groups in total. The largest absolute Gasteiger partial charge is 0.310 e. The van der Waals surface area contributed by atoms with Crippen LogP contribution in [0.2, 0.25) is 0 Å². The maximum Gasteiger partial charge on any atom is 0.126 e. The first-order valence-electron chi connectivity index (χ1n) is 6.58. The second-order valence-corrected chi connectivity index (χ2v) is 5.62. The quantitative estimate of drug-likeness (QED) is 0.867. The Morgan fingerprint density at radius 3 is 2.89 bits per heavy atom. The molecule has 102 valence electrons. The zero-order valence-corrected chi connectivity index (χ0v) is 12.1. The Morgan fingerprint density at radius 1 is 1.42 bits per heavy atom. The van der Waals surface area contributed by atoms with E-state index in [0.29, 0.717) is 5.56 Å². The van der Waals surface area contributed by atoms with Gasteiger partial charge in [-0.15, -0.1) is 11.3 Å². The third kappa shape index (κ3) is 3.85. The number of nitrogens with zero attached hydrogens (tertiary/aromatic N) is 1. The first-order chi connectivity index (χ1) is 9.20. The average molecular weight is 278 g/mol. The van der Waals surface area contributed by atoms with Crippen molar-refractivity contribution < 1.29 is 4.39 Å². The molecule has 4 heteroatoms. The summed E-state index contributed by atoms with van der Waals surface area (Å²) in [6, 6.07) is 5.60. The van der Waals surface area contributed by atoms with E-state index in [1.165, 1.54) is 0 Å². The van der Waals surface area contributed by atoms with Gasteiger partial charge in [-0.1, -0.05) is 19.1 Å². The lowest BCUT2D eigenvalue weighted by Crippen LogP contribution is -2.24. The maximum atomic E-state index is 13.7. The van der Waals surface area contributed by atoms with Crippen LogP contribution in [0.15, 0.2) is 29.8 Å². The Morgan fingerprint density at radius 2 is 2.26 bits per heavy atom. The SMILES string of the molecule is CCCNC(Cc1nccs1)c1ccc(C)c(F)c1. The van der Waals surface area contributed by atoms with Crippen molar-refractivity contribution in [3.8, 4) is 0 Å². The maximum absolute atomic E-state index is 13.7. The van der Waals surface area contributed by atoms with Gasteiger partial charge in [0, 0.05) is 24.0 Å². The summed E-state index contributed by atoms with van der Waals surface area (Å²) in [7, 11) is 0. The highest BCUT2D eigenvalue weighted by Crippen LogP contribution is 2.21. The van der Waals surface area contributed by atoms with Gasteiger partial charge in [-0.3, -0.25) is 0 Å². The lowest BCUT2D eigenvalue weighted by atomic mass is 10.0. The predicted octanol–water partition coefficient (Wildman–Crippen LogP) is 3.87. The summed E-state index contributed by atoms with van der Waals surface area (Å²) in [5.41, 5.74) is 1.68. The van der Waals surface area contributed by atoms with Crippen LogP contribution in [0.4, 0.5) is 4.39 Å². The number of nitrogens with one attached hydrogen (secondary N) is 1. The highest BCUT2D eigenvalue weighted by Gasteiger charge is 2.14. The second-order valence-electron chi connectivity index (χ2n) is 4.65. The van der Waals surface area contributed by atoms with Gasteiger partial charge >= 0.3 is 0 Å². The van der Waals surface area contributed by atoms with Crippen LogP contribution in [0.5, 0.6) is 0 Å². The van der Waals surface area contributed by atoms with Gasteiger partial charge in [-0.05, 0) is 37.1 Å². The molecule has 2 nitrogen and oxygen atoms in total. The number of thiazole rings is 1. The van der Waals surface area contributed by atoms with Crippen molar-refractivity contribution in [2.45, 2.75) is 32.7 Å². The molecule has 0 aliphatic rings. The summed E-state index contributed by atoms with van der Waals surface area (Å²) < 4.78 is 13.7. The van der Waals surface area contributed by atoms with Crippen LogP contribution in [0, 0.1) is 12.7 Å². The van der Waals surface area contributed by atoms with Crippen LogP contribution >= 0.6 is 11.3 Å². The number of hydrogen-bond donors (Lipinski definition) is 1. The fraction of sp³-hybridized carbons (Fsp3) is 0.400. The van der Waals surface area contributed by atoms with E-state index < -0.39 is 0 Å². The Balaban J connectivity index is 2.18. The van der Waals surface area contributed by atoms with E-state index in [1.807, 2.05) is 23.7 Å². The van der Waals surface area contributed by atoms with Gasteiger partial charge in [0.25, 0.3) is 0 Å². The summed E-state index contributed by atoms with van der Waals surface area (Å²) >= 11 is 1.64. The molecular formula is C15H19FN2S. The van der Waals surface area contributed by atoms with Crippen LogP contribution in [-0.2, 0) is 6.42 Å². The Bertz CT molecular complexity index is 511. The van der Waals surface area contributed by atoms with E-state index in [1.54, 1.807) is 24.3 Å². The Hall–Kier alpha value is -1.26. The molecule has 1 heterocycles. The Labute approximate surface area is 117 Å². The normalized spacial score (nSPS) is 12.6.